The molecule has 0 spiro atoms. The van der Waals surface area contributed by atoms with Gasteiger partial charge >= 0.3 is 0 Å². The fourth-order valence-corrected chi connectivity index (χ4v) is 3.98. The van der Waals surface area contributed by atoms with Gasteiger partial charge in [-0.15, -0.1) is 0 Å². The molecule has 2 heterocycles. The minimum absolute atomic E-state index is 0.159. The second kappa shape index (κ2) is 8.21. The van der Waals surface area contributed by atoms with Crippen molar-refractivity contribution < 1.29 is 4.79 Å². The molecule has 1 amide bonds. The molecule has 0 radical (unpaired) electrons. The van der Waals surface area contributed by atoms with Crippen molar-refractivity contribution in [3.8, 4) is 6.07 Å². The molecule has 0 bridgehead atoms. The van der Waals surface area contributed by atoms with Gasteiger partial charge in [0.05, 0.1) is 28.4 Å². The second-order valence-electron chi connectivity index (χ2n) is 6.59. The number of benzene rings is 2. The molecule has 0 aliphatic carbocycles. The zero-order chi connectivity index (χ0) is 20.2. The first-order valence-corrected chi connectivity index (χ1v) is 10.1. The average Bonchev–Trinajstić information content (AvgIpc) is 3.20. The molecule has 2 aromatic heterocycles. The average molecular weight is 398 g/mol. The summed E-state index contributed by atoms with van der Waals surface area (Å²) in [5.74, 6) is -0.159. The summed E-state index contributed by atoms with van der Waals surface area (Å²) in [6.45, 7) is 2.48. The molecule has 0 aliphatic rings. The topological polar surface area (TPSA) is 69.9 Å². The maximum atomic E-state index is 13.3. The van der Waals surface area contributed by atoms with Crippen molar-refractivity contribution in [3.63, 3.8) is 0 Å². The van der Waals surface area contributed by atoms with E-state index in [1.54, 1.807) is 41.6 Å². The zero-order valence-electron chi connectivity index (χ0n) is 15.9. The third-order valence-electron chi connectivity index (χ3n) is 4.65. The molecule has 29 heavy (non-hydrogen) atoms. The fourth-order valence-electron chi connectivity index (χ4n) is 3.04. The Bertz CT molecular complexity index is 1190. The van der Waals surface area contributed by atoms with Gasteiger partial charge in [0.1, 0.15) is 0 Å². The smallest absolute Gasteiger partial charge is 0.260 e. The standard InChI is InChI=1S/C23H18N4OS/c1-2-16-7-10-21-20(12-16)26-23(29-21)27(15-18-4-3-11-25-14-18)22(28)19-8-5-17(13-24)6-9-19/h3-12,14H,2,15H2,1H3. The number of hydrogen-bond acceptors (Lipinski definition) is 5. The van der Waals surface area contributed by atoms with Crippen molar-refractivity contribution in [2.24, 2.45) is 0 Å². The Balaban J connectivity index is 1.75. The first-order valence-electron chi connectivity index (χ1n) is 9.28. The lowest BCUT2D eigenvalue weighted by Gasteiger charge is -2.20. The molecule has 0 saturated heterocycles. The number of anilines is 1. The second-order valence-corrected chi connectivity index (χ2v) is 7.60. The lowest BCUT2D eigenvalue weighted by Crippen LogP contribution is -2.30. The predicted octanol–water partition coefficient (Wildman–Crippen LogP) is 4.97. The van der Waals surface area contributed by atoms with Crippen LogP contribution in [0.15, 0.2) is 67.0 Å². The quantitative estimate of drug-likeness (QED) is 0.476. The van der Waals surface area contributed by atoms with E-state index in [0.717, 1.165) is 22.2 Å². The number of carbonyl (C=O) groups excluding carboxylic acids is 1. The van der Waals surface area contributed by atoms with E-state index in [1.807, 2.05) is 12.1 Å². The summed E-state index contributed by atoms with van der Waals surface area (Å²) in [5.41, 5.74) is 4.07. The molecule has 142 valence electrons. The van der Waals surface area contributed by atoms with E-state index in [9.17, 15) is 4.79 Å². The highest BCUT2D eigenvalue weighted by Gasteiger charge is 2.22. The van der Waals surface area contributed by atoms with Crippen molar-refractivity contribution in [1.82, 2.24) is 9.97 Å². The van der Waals surface area contributed by atoms with E-state index in [2.05, 4.69) is 36.2 Å². The Labute approximate surface area is 172 Å². The summed E-state index contributed by atoms with van der Waals surface area (Å²) >= 11 is 1.50. The van der Waals surface area contributed by atoms with Gasteiger partial charge in [-0.05, 0) is 60.0 Å². The molecule has 5 nitrogen and oxygen atoms in total. The van der Waals surface area contributed by atoms with Crippen molar-refractivity contribution in [3.05, 3.63) is 89.2 Å². The van der Waals surface area contributed by atoms with Crippen LogP contribution in [0.4, 0.5) is 5.13 Å². The van der Waals surface area contributed by atoms with Gasteiger partial charge in [-0.1, -0.05) is 30.4 Å². The number of carbonyl (C=O) groups is 1. The Morgan fingerprint density at radius 2 is 1.97 bits per heavy atom. The molecule has 4 rings (SSSR count). The van der Waals surface area contributed by atoms with Crippen LogP contribution in [0.1, 0.15) is 34.0 Å². The summed E-state index contributed by atoms with van der Waals surface area (Å²) in [5, 5.41) is 9.66. The number of amides is 1. The van der Waals surface area contributed by atoms with Crippen LogP contribution in [0.3, 0.4) is 0 Å². The van der Waals surface area contributed by atoms with E-state index in [-0.39, 0.29) is 5.91 Å². The zero-order valence-corrected chi connectivity index (χ0v) is 16.7. The van der Waals surface area contributed by atoms with Crippen LogP contribution in [0, 0.1) is 11.3 Å². The molecule has 0 fully saturated rings. The number of nitrogens with zero attached hydrogens (tertiary/aromatic N) is 4. The van der Waals surface area contributed by atoms with Gasteiger partial charge in [0, 0.05) is 18.0 Å². The van der Waals surface area contributed by atoms with Crippen LogP contribution < -0.4 is 4.90 Å². The minimum atomic E-state index is -0.159. The van der Waals surface area contributed by atoms with E-state index in [0.29, 0.717) is 22.8 Å². The van der Waals surface area contributed by atoms with Gasteiger partial charge in [0.2, 0.25) is 0 Å². The third kappa shape index (κ3) is 4.00. The fraction of sp³-hybridized carbons (Fsp3) is 0.130. The number of pyridine rings is 1. The molecular formula is C23H18N4OS. The van der Waals surface area contributed by atoms with Crippen molar-refractivity contribution in [2.45, 2.75) is 19.9 Å². The molecule has 0 aliphatic heterocycles. The number of hydrogen-bond donors (Lipinski definition) is 0. The van der Waals surface area contributed by atoms with Crippen LogP contribution in [0.2, 0.25) is 0 Å². The summed E-state index contributed by atoms with van der Waals surface area (Å²) in [6, 6.07) is 18.8. The van der Waals surface area contributed by atoms with Gasteiger partial charge in [-0.25, -0.2) is 4.98 Å². The van der Waals surface area contributed by atoms with Gasteiger partial charge in [0.25, 0.3) is 5.91 Å². The number of rotatable bonds is 5. The minimum Gasteiger partial charge on any atom is -0.279 e. The SMILES string of the molecule is CCc1ccc2sc(N(Cc3cccnc3)C(=O)c3ccc(C#N)cc3)nc2c1. The summed E-state index contributed by atoms with van der Waals surface area (Å²) in [4.78, 5) is 23.9. The third-order valence-corrected chi connectivity index (χ3v) is 5.71. The van der Waals surface area contributed by atoms with Crippen LogP contribution >= 0.6 is 11.3 Å². The molecule has 0 saturated carbocycles. The molecule has 0 unspecified atom stereocenters. The summed E-state index contributed by atoms with van der Waals surface area (Å²) < 4.78 is 1.04. The molecule has 0 atom stereocenters. The molecule has 4 aromatic rings. The van der Waals surface area contributed by atoms with Crippen LogP contribution in [-0.2, 0) is 13.0 Å². The number of fused-ring (bicyclic) bond motifs is 1. The number of aryl methyl sites for hydroxylation is 1. The van der Waals surface area contributed by atoms with E-state index in [1.165, 1.54) is 16.9 Å². The monoisotopic (exact) mass is 398 g/mol. The normalized spacial score (nSPS) is 10.6. The highest BCUT2D eigenvalue weighted by Crippen LogP contribution is 2.31. The van der Waals surface area contributed by atoms with Gasteiger partial charge in [0.15, 0.2) is 5.13 Å². The van der Waals surface area contributed by atoms with Crippen molar-refractivity contribution in [2.75, 3.05) is 4.90 Å². The largest absolute Gasteiger partial charge is 0.279 e. The van der Waals surface area contributed by atoms with E-state index in [4.69, 9.17) is 10.2 Å². The maximum Gasteiger partial charge on any atom is 0.260 e. The molecule has 0 N–H and O–H groups in total. The predicted molar refractivity (Wildman–Crippen MR) is 115 cm³/mol. The van der Waals surface area contributed by atoms with Crippen molar-refractivity contribution in [1.29, 1.82) is 5.26 Å². The first kappa shape index (κ1) is 18.8. The van der Waals surface area contributed by atoms with Gasteiger partial charge in [-0.2, -0.15) is 5.26 Å². The lowest BCUT2D eigenvalue weighted by atomic mass is 10.1. The lowest BCUT2D eigenvalue weighted by molar-refractivity contribution is 0.0985. The van der Waals surface area contributed by atoms with Crippen LogP contribution in [0.25, 0.3) is 10.2 Å². The summed E-state index contributed by atoms with van der Waals surface area (Å²) in [7, 11) is 0. The Morgan fingerprint density at radius 1 is 1.14 bits per heavy atom. The first-order chi connectivity index (χ1) is 14.2. The Hall–Kier alpha value is -3.56. The van der Waals surface area contributed by atoms with Gasteiger partial charge in [-0.3, -0.25) is 14.7 Å². The van der Waals surface area contributed by atoms with Crippen LogP contribution in [0.5, 0.6) is 0 Å². The number of aromatic nitrogens is 2. The molecular weight excluding hydrogens is 380 g/mol. The maximum absolute atomic E-state index is 13.3. The van der Waals surface area contributed by atoms with Gasteiger partial charge < -0.3 is 0 Å². The highest BCUT2D eigenvalue weighted by atomic mass is 32.1. The van der Waals surface area contributed by atoms with E-state index < -0.39 is 0 Å². The Morgan fingerprint density at radius 3 is 2.66 bits per heavy atom. The number of thiazole rings is 1. The van der Waals surface area contributed by atoms with Crippen LogP contribution in [-0.4, -0.2) is 15.9 Å². The highest BCUT2D eigenvalue weighted by molar-refractivity contribution is 7.22. The number of nitriles is 1. The van der Waals surface area contributed by atoms with Crippen molar-refractivity contribution >= 4 is 32.6 Å². The molecule has 2 aromatic carbocycles. The molecule has 6 heteroatoms. The van der Waals surface area contributed by atoms with E-state index >= 15 is 0 Å². The summed E-state index contributed by atoms with van der Waals surface area (Å²) in [6.07, 6.45) is 4.40. The Kier molecular flexibility index (Phi) is 5.32.